The first-order valence-corrected chi connectivity index (χ1v) is 7.64. The second kappa shape index (κ2) is 6.52. The molecule has 1 atom stereocenters. The lowest BCUT2D eigenvalue weighted by Crippen LogP contribution is -2.48. The predicted octanol–water partition coefficient (Wildman–Crippen LogP) is 2.51. The molecule has 21 heavy (non-hydrogen) atoms. The summed E-state index contributed by atoms with van der Waals surface area (Å²) in [5.74, 6) is 0. The van der Waals surface area contributed by atoms with Crippen molar-refractivity contribution in [3.63, 3.8) is 0 Å². The lowest BCUT2D eigenvalue weighted by atomic mass is 10.1. The number of hydrogen-bond acceptors (Lipinski definition) is 3. The van der Waals surface area contributed by atoms with Gasteiger partial charge in [-0.15, -0.1) is 0 Å². The van der Waals surface area contributed by atoms with E-state index < -0.39 is 5.60 Å². The van der Waals surface area contributed by atoms with E-state index >= 15 is 0 Å². The first-order chi connectivity index (χ1) is 9.82. The number of hydrogen-bond donors (Lipinski definition) is 1. The fourth-order valence-electron chi connectivity index (χ4n) is 2.70. The Morgan fingerprint density at radius 3 is 2.86 bits per heavy atom. The first-order valence-electron chi connectivity index (χ1n) is 7.64. The molecule has 2 heterocycles. The van der Waals surface area contributed by atoms with Crippen LogP contribution in [0.4, 0.5) is 4.79 Å². The molecule has 0 bridgehead atoms. The molecule has 0 unspecified atom stereocenters. The number of nitrogens with zero attached hydrogens (tertiary/aromatic N) is 2. The Bertz CT molecular complexity index is 476. The number of aryl methyl sites for hydroxylation is 1. The molecular formula is C16H27N3O2. The molecule has 0 aliphatic carbocycles. The van der Waals surface area contributed by atoms with Gasteiger partial charge in [-0.3, -0.25) is 4.90 Å². The van der Waals surface area contributed by atoms with Gasteiger partial charge in [-0.05, 0) is 51.8 Å². The molecular weight excluding hydrogens is 266 g/mol. The minimum Gasteiger partial charge on any atom is -0.444 e. The molecule has 5 heteroatoms. The van der Waals surface area contributed by atoms with Gasteiger partial charge in [0.2, 0.25) is 0 Å². The highest BCUT2D eigenvalue weighted by atomic mass is 16.6. The Kier molecular flexibility index (Phi) is 4.93. The van der Waals surface area contributed by atoms with E-state index in [1.807, 2.05) is 27.8 Å². The van der Waals surface area contributed by atoms with Crippen LogP contribution in [0.25, 0.3) is 0 Å². The second-order valence-electron chi connectivity index (χ2n) is 6.91. The smallest absolute Gasteiger partial charge is 0.407 e. The lowest BCUT2D eigenvalue weighted by molar-refractivity contribution is 0.0470. The van der Waals surface area contributed by atoms with Gasteiger partial charge in [-0.1, -0.05) is 0 Å². The van der Waals surface area contributed by atoms with Crippen LogP contribution in [0, 0.1) is 0 Å². The van der Waals surface area contributed by atoms with E-state index in [-0.39, 0.29) is 12.1 Å². The molecule has 0 saturated carbocycles. The average molecular weight is 293 g/mol. The van der Waals surface area contributed by atoms with Crippen LogP contribution < -0.4 is 5.32 Å². The Morgan fingerprint density at radius 1 is 1.48 bits per heavy atom. The maximum atomic E-state index is 11.8. The molecule has 118 valence electrons. The van der Waals surface area contributed by atoms with Gasteiger partial charge >= 0.3 is 6.09 Å². The van der Waals surface area contributed by atoms with Crippen LogP contribution in [-0.4, -0.2) is 40.3 Å². The average Bonchev–Trinajstić information content (AvgIpc) is 2.72. The Hall–Kier alpha value is -1.49. The van der Waals surface area contributed by atoms with E-state index in [9.17, 15) is 4.79 Å². The highest BCUT2D eigenvalue weighted by Crippen LogP contribution is 2.15. The molecule has 5 nitrogen and oxygen atoms in total. The largest absolute Gasteiger partial charge is 0.444 e. The van der Waals surface area contributed by atoms with Gasteiger partial charge in [0, 0.05) is 38.6 Å². The zero-order valence-corrected chi connectivity index (χ0v) is 13.6. The Labute approximate surface area is 127 Å². The summed E-state index contributed by atoms with van der Waals surface area (Å²) in [5, 5.41) is 2.99. The van der Waals surface area contributed by atoms with Crippen molar-refractivity contribution in [2.24, 2.45) is 7.05 Å². The van der Waals surface area contributed by atoms with Gasteiger partial charge in [-0.25, -0.2) is 4.79 Å². The fourth-order valence-corrected chi connectivity index (χ4v) is 2.70. The Balaban J connectivity index is 1.82. The van der Waals surface area contributed by atoms with Gasteiger partial charge in [-0.2, -0.15) is 0 Å². The predicted molar refractivity (Wildman–Crippen MR) is 83.1 cm³/mol. The van der Waals surface area contributed by atoms with Gasteiger partial charge < -0.3 is 14.6 Å². The highest BCUT2D eigenvalue weighted by Gasteiger charge is 2.24. The molecule has 1 aliphatic heterocycles. The summed E-state index contributed by atoms with van der Waals surface area (Å²) < 4.78 is 7.39. The third kappa shape index (κ3) is 5.42. The SMILES string of the molecule is Cn1ccc(CN2CCC[C@@H](NC(=O)OC(C)(C)C)C2)c1. The van der Waals surface area contributed by atoms with Crippen molar-refractivity contribution >= 4 is 6.09 Å². The minimum absolute atomic E-state index is 0.178. The second-order valence-corrected chi connectivity index (χ2v) is 6.91. The number of piperidine rings is 1. The number of nitrogens with one attached hydrogen (secondary N) is 1. The van der Waals surface area contributed by atoms with Crippen molar-refractivity contribution in [2.45, 2.75) is 51.8 Å². The maximum absolute atomic E-state index is 11.8. The molecule has 0 aromatic carbocycles. The molecule has 1 amide bonds. The van der Waals surface area contributed by atoms with Crippen LogP contribution in [0.3, 0.4) is 0 Å². The van der Waals surface area contributed by atoms with Crippen LogP contribution in [-0.2, 0) is 18.3 Å². The third-order valence-corrected chi connectivity index (χ3v) is 3.53. The molecule has 1 aromatic heterocycles. The maximum Gasteiger partial charge on any atom is 0.407 e. The summed E-state index contributed by atoms with van der Waals surface area (Å²) >= 11 is 0. The molecule has 1 N–H and O–H groups in total. The standard InChI is InChI=1S/C16H27N3O2/c1-16(2,3)21-15(20)17-14-6-5-8-19(12-14)11-13-7-9-18(4)10-13/h7,9-10,14H,5-6,8,11-12H2,1-4H3,(H,17,20)/t14-/m1/s1. The van der Waals surface area contributed by atoms with Crippen molar-refractivity contribution < 1.29 is 9.53 Å². The van der Waals surface area contributed by atoms with Crippen molar-refractivity contribution in [2.75, 3.05) is 13.1 Å². The van der Waals surface area contributed by atoms with E-state index in [1.165, 1.54) is 5.56 Å². The molecule has 1 aromatic rings. The van der Waals surface area contributed by atoms with Crippen molar-refractivity contribution in [1.82, 2.24) is 14.8 Å². The normalized spacial score (nSPS) is 20.3. The van der Waals surface area contributed by atoms with Gasteiger partial charge in [0.05, 0.1) is 0 Å². The van der Waals surface area contributed by atoms with Crippen molar-refractivity contribution in [3.05, 3.63) is 24.0 Å². The summed E-state index contributed by atoms with van der Waals surface area (Å²) in [4.78, 5) is 14.2. The highest BCUT2D eigenvalue weighted by molar-refractivity contribution is 5.68. The molecule has 1 fully saturated rings. The number of ether oxygens (including phenoxy) is 1. The van der Waals surface area contributed by atoms with E-state index in [1.54, 1.807) is 0 Å². The fraction of sp³-hybridized carbons (Fsp3) is 0.688. The van der Waals surface area contributed by atoms with Crippen LogP contribution >= 0.6 is 0 Å². The van der Waals surface area contributed by atoms with E-state index in [4.69, 9.17) is 4.74 Å². The van der Waals surface area contributed by atoms with E-state index in [2.05, 4.69) is 33.2 Å². The summed E-state index contributed by atoms with van der Waals surface area (Å²) in [5.41, 5.74) is 0.873. The van der Waals surface area contributed by atoms with Gasteiger partial charge in [0.1, 0.15) is 5.60 Å². The molecule has 2 rings (SSSR count). The van der Waals surface area contributed by atoms with Crippen LogP contribution in [0.5, 0.6) is 0 Å². The summed E-state index contributed by atoms with van der Waals surface area (Å²) in [6.45, 7) is 8.56. The van der Waals surface area contributed by atoms with Crippen LogP contribution in [0.1, 0.15) is 39.2 Å². The summed E-state index contributed by atoms with van der Waals surface area (Å²) in [6, 6.07) is 2.32. The molecule has 0 radical (unpaired) electrons. The lowest BCUT2D eigenvalue weighted by Gasteiger charge is -2.33. The minimum atomic E-state index is -0.442. The summed E-state index contributed by atoms with van der Waals surface area (Å²) in [6.07, 6.45) is 6.02. The number of rotatable bonds is 3. The number of alkyl carbamates (subject to hydrolysis) is 1. The molecule has 0 spiro atoms. The van der Waals surface area contributed by atoms with E-state index in [0.717, 1.165) is 32.5 Å². The van der Waals surface area contributed by atoms with E-state index in [0.29, 0.717) is 0 Å². The van der Waals surface area contributed by atoms with Crippen molar-refractivity contribution in [1.29, 1.82) is 0 Å². The zero-order chi connectivity index (χ0) is 15.5. The topological polar surface area (TPSA) is 46.5 Å². The third-order valence-electron chi connectivity index (χ3n) is 3.53. The van der Waals surface area contributed by atoms with Crippen LogP contribution in [0.2, 0.25) is 0 Å². The van der Waals surface area contributed by atoms with Crippen molar-refractivity contribution in [3.8, 4) is 0 Å². The number of amides is 1. The molecule has 1 saturated heterocycles. The van der Waals surface area contributed by atoms with Gasteiger partial charge in [0.25, 0.3) is 0 Å². The molecule has 1 aliphatic rings. The number of likely N-dealkylation sites (tertiary alicyclic amines) is 1. The first kappa shape index (κ1) is 15.9. The Morgan fingerprint density at radius 2 is 2.24 bits per heavy atom. The van der Waals surface area contributed by atoms with Gasteiger partial charge in [0.15, 0.2) is 0 Å². The quantitative estimate of drug-likeness (QED) is 0.931. The van der Waals surface area contributed by atoms with Crippen LogP contribution in [0.15, 0.2) is 18.5 Å². The zero-order valence-electron chi connectivity index (χ0n) is 13.6. The number of carbonyl (C=O) groups is 1. The monoisotopic (exact) mass is 293 g/mol. The number of aromatic nitrogens is 1. The summed E-state index contributed by atoms with van der Waals surface area (Å²) in [7, 11) is 2.03. The number of carbonyl (C=O) groups excluding carboxylic acids is 1.